The summed E-state index contributed by atoms with van der Waals surface area (Å²) < 4.78 is 43.0. The van der Waals surface area contributed by atoms with Crippen LogP contribution in [0.3, 0.4) is 0 Å². The predicted molar refractivity (Wildman–Crippen MR) is 96.2 cm³/mol. The first-order valence-electron chi connectivity index (χ1n) is 8.69. The molecule has 0 unspecified atom stereocenters. The highest BCUT2D eigenvalue weighted by atomic mass is 19.4. The van der Waals surface area contributed by atoms with Crippen molar-refractivity contribution in [2.24, 2.45) is 0 Å². The van der Waals surface area contributed by atoms with Crippen molar-refractivity contribution in [1.82, 2.24) is 9.80 Å². The Morgan fingerprint density at radius 3 is 1.89 bits per heavy atom. The first-order valence-corrected chi connectivity index (χ1v) is 8.69. The van der Waals surface area contributed by atoms with Gasteiger partial charge in [-0.2, -0.15) is 13.2 Å². The Bertz CT molecular complexity index is 858. The molecule has 3 rings (SSSR count). The first-order chi connectivity index (χ1) is 13.3. The number of carbonyl (C=O) groups excluding carboxylic acids is 2. The molecule has 0 spiro atoms. The van der Waals surface area contributed by atoms with Gasteiger partial charge in [0.2, 0.25) is 0 Å². The highest BCUT2D eigenvalue weighted by Crippen LogP contribution is 2.29. The molecule has 1 aliphatic heterocycles. The van der Waals surface area contributed by atoms with Crippen molar-refractivity contribution >= 4 is 11.8 Å². The normalized spacial score (nSPS) is 14.7. The quantitative estimate of drug-likeness (QED) is 0.805. The lowest BCUT2D eigenvalue weighted by Crippen LogP contribution is -2.50. The first kappa shape index (κ1) is 19.7. The third-order valence-corrected chi connectivity index (χ3v) is 4.63. The minimum absolute atomic E-state index is 0.152. The molecule has 148 valence electrons. The van der Waals surface area contributed by atoms with E-state index in [4.69, 9.17) is 4.74 Å². The van der Waals surface area contributed by atoms with Crippen LogP contribution in [0.2, 0.25) is 0 Å². The van der Waals surface area contributed by atoms with Crippen LogP contribution in [0.25, 0.3) is 0 Å². The van der Waals surface area contributed by atoms with Gasteiger partial charge in [0, 0.05) is 37.3 Å². The average Bonchev–Trinajstić information content (AvgIpc) is 2.72. The van der Waals surface area contributed by atoms with Gasteiger partial charge in [-0.25, -0.2) is 0 Å². The molecule has 5 nitrogen and oxygen atoms in total. The van der Waals surface area contributed by atoms with Gasteiger partial charge in [-0.3, -0.25) is 9.59 Å². The molecule has 0 radical (unpaired) electrons. The van der Waals surface area contributed by atoms with E-state index in [-0.39, 0.29) is 17.4 Å². The third kappa shape index (κ3) is 4.27. The second kappa shape index (κ2) is 7.92. The van der Waals surface area contributed by atoms with Crippen LogP contribution in [0.5, 0.6) is 5.75 Å². The molecule has 2 aromatic carbocycles. The molecule has 2 amide bonds. The van der Waals surface area contributed by atoms with E-state index in [1.165, 1.54) is 24.1 Å². The highest BCUT2D eigenvalue weighted by molar-refractivity contribution is 5.96. The fraction of sp³-hybridized carbons (Fsp3) is 0.300. The van der Waals surface area contributed by atoms with Gasteiger partial charge in [0.25, 0.3) is 11.8 Å². The SMILES string of the molecule is COc1cccc(C(=O)N2CCN(C(=O)c3ccc(C(F)(F)F)cc3)CC2)c1. The Kier molecular flexibility index (Phi) is 5.58. The van der Waals surface area contributed by atoms with Gasteiger partial charge < -0.3 is 14.5 Å². The number of piperazine rings is 1. The summed E-state index contributed by atoms with van der Waals surface area (Å²) in [7, 11) is 1.52. The molecule has 28 heavy (non-hydrogen) atoms. The summed E-state index contributed by atoms with van der Waals surface area (Å²) in [6.07, 6.45) is -4.44. The summed E-state index contributed by atoms with van der Waals surface area (Å²) in [5.41, 5.74) is -0.0970. The number of methoxy groups -OCH3 is 1. The maximum Gasteiger partial charge on any atom is 0.416 e. The minimum atomic E-state index is -4.44. The Labute approximate surface area is 160 Å². The van der Waals surface area contributed by atoms with E-state index in [9.17, 15) is 22.8 Å². The minimum Gasteiger partial charge on any atom is -0.497 e. The van der Waals surface area contributed by atoms with Gasteiger partial charge in [0.1, 0.15) is 5.75 Å². The number of halogens is 3. The standard InChI is InChI=1S/C20H19F3N2O3/c1-28-17-4-2-3-15(13-17)19(27)25-11-9-24(10-12-25)18(26)14-5-7-16(8-6-14)20(21,22)23/h2-8,13H,9-12H2,1H3. The second-order valence-electron chi connectivity index (χ2n) is 6.39. The fourth-order valence-corrected chi connectivity index (χ4v) is 3.04. The topological polar surface area (TPSA) is 49.9 Å². The van der Waals surface area contributed by atoms with E-state index in [1.54, 1.807) is 29.2 Å². The van der Waals surface area contributed by atoms with Crippen LogP contribution in [0.15, 0.2) is 48.5 Å². The molecule has 0 aliphatic carbocycles. The van der Waals surface area contributed by atoms with Gasteiger partial charge in [-0.15, -0.1) is 0 Å². The number of carbonyl (C=O) groups is 2. The van der Waals surface area contributed by atoms with Crippen molar-refractivity contribution in [3.63, 3.8) is 0 Å². The molecule has 8 heteroatoms. The smallest absolute Gasteiger partial charge is 0.416 e. The maximum absolute atomic E-state index is 12.6. The van der Waals surface area contributed by atoms with Crippen molar-refractivity contribution in [2.75, 3.05) is 33.3 Å². The molecule has 1 fully saturated rings. The average molecular weight is 392 g/mol. The summed E-state index contributed by atoms with van der Waals surface area (Å²) in [4.78, 5) is 28.3. The molecule has 1 aliphatic rings. The number of amides is 2. The Balaban J connectivity index is 1.61. The number of rotatable bonds is 3. The Morgan fingerprint density at radius 1 is 0.857 bits per heavy atom. The molecule has 0 aromatic heterocycles. The predicted octanol–water partition coefficient (Wildman–Crippen LogP) is 3.31. The molecule has 0 N–H and O–H groups in total. The number of alkyl halides is 3. The number of ether oxygens (including phenoxy) is 1. The van der Waals surface area contributed by atoms with Gasteiger partial charge in [-0.1, -0.05) is 6.07 Å². The summed E-state index contributed by atoms with van der Waals surface area (Å²) in [5.74, 6) is 0.0877. The van der Waals surface area contributed by atoms with Crippen LogP contribution in [0.4, 0.5) is 13.2 Å². The van der Waals surface area contributed by atoms with Crippen molar-refractivity contribution in [1.29, 1.82) is 0 Å². The third-order valence-electron chi connectivity index (χ3n) is 4.63. The van der Waals surface area contributed by atoms with Crippen LogP contribution < -0.4 is 4.74 Å². The zero-order valence-electron chi connectivity index (χ0n) is 15.2. The summed E-state index contributed by atoms with van der Waals surface area (Å²) in [6, 6.07) is 11.0. The van der Waals surface area contributed by atoms with Crippen molar-refractivity contribution < 1.29 is 27.5 Å². The largest absolute Gasteiger partial charge is 0.497 e. The van der Waals surface area contributed by atoms with Crippen molar-refractivity contribution in [2.45, 2.75) is 6.18 Å². The van der Waals surface area contributed by atoms with Gasteiger partial charge in [0.15, 0.2) is 0 Å². The summed E-state index contributed by atoms with van der Waals surface area (Å²) >= 11 is 0. The van der Waals surface area contributed by atoms with Gasteiger partial charge in [0.05, 0.1) is 12.7 Å². The van der Waals surface area contributed by atoms with Crippen LogP contribution >= 0.6 is 0 Å². The van der Waals surface area contributed by atoms with Crippen molar-refractivity contribution in [3.8, 4) is 5.75 Å². The highest BCUT2D eigenvalue weighted by Gasteiger charge is 2.31. The van der Waals surface area contributed by atoms with E-state index in [0.29, 0.717) is 37.5 Å². The van der Waals surface area contributed by atoms with E-state index in [0.717, 1.165) is 12.1 Å². The molecular weight excluding hydrogens is 373 g/mol. The summed E-state index contributed by atoms with van der Waals surface area (Å²) in [6.45, 7) is 1.33. The monoisotopic (exact) mass is 392 g/mol. The Hall–Kier alpha value is -3.03. The van der Waals surface area contributed by atoms with Crippen LogP contribution in [-0.4, -0.2) is 54.9 Å². The molecular formula is C20H19F3N2O3. The number of hydrogen-bond acceptors (Lipinski definition) is 3. The number of benzene rings is 2. The van der Waals surface area contributed by atoms with E-state index >= 15 is 0 Å². The van der Waals surface area contributed by atoms with Gasteiger partial charge in [-0.05, 0) is 42.5 Å². The van der Waals surface area contributed by atoms with E-state index in [2.05, 4.69) is 0 Å². The molecule has 1 heterocycles. The van der Waals surface area contributed by atoms with Crippen LogP contribution in [0.1, 0.15) is 26.3 Å². The lowest BCUT2D eigenvalue weighted by molar-refractivity contribution is -0.137. The second-order valence-corrected chi connectivity index (χ2v) is 6.39. The summed E-state index contributed by atoms with van der Waals surface area (Å²) in [5, 5.41) is 0. The number of hydrogen-bond donors (Lipinski definition) is 0. The molecule has 1 saturated heterocycles. The lowest BCUT2D eigenvalue weighted by Gasteiger charge is -2.35. The van der Waals surface area contributed by atoms with Crippen LogP contribution in [0, 0.1) is 0 Å². The van der Waals surface area contributed by atoms with E-state index in [1.807, 2.05) is 0 Å². The van der Waals surface area contributed by atoms with Gasteiger partial charge >= 0.3 is 6.18 Å². The zero-order chi connectivity index (χ0) is 20.3. The number of nitrogens with zero attached hydrogens (tertiary/aromatic N) is 2. The molecule has 2 aromatic rings. The Morgan fingerprint density at radius 2 is 1.39 bits per heavy atom. The van der Waals surface area contributed by atoms with E-state index < -0.39 is 11.7 Å². The maximum atomic E-state index is 12.6. The zero-order valence-corrected chi connectivity index (χ0v) is 15.2. The lowest BCUT2D eigenvalue weighted by atomic mass is 10.1. The van der Waals surface area contributed by atoms with Crippen molar-refractivity contribution in [3.05, 3.63) is 65.2 Å². The molecule has 0 atom stereocenters. The molecule has 0 saturated carbocycles. The molecule has 0 bridgehead atoms. The van der Waals surface area contributed by atoms with Crippen LogP contribution in [-0.2, 0) is 6.18 Å². The fourth-order valence-electron chi connectivity index (χ4n) is 3.04.